The van der Waals surface area contributed by atoms with E-state index in [0.717, 1.165) is 11.0 Å². The van der Waals surface area contributed by atoms with Gasteiger partial charge >= 0.3 is 0 Å². The molecule has 9 heteroatoms. The van der Waals surface area contributed by atoms with E-state index < -0.39 is 15.4 Å². The summed E-state index contributed by atoms with van der Waals surface area (Å²) in [5.41, 5.74) is 0. The Hall–Kier alpha value is 0.537. The molecule has 0 aromatic heterocycles. The fraction of sp³-hybridized carbons (Fsp3) is 1.00. The quantitative estimate of drug-likeness (QED) is 0.332. The Morgan fingerprint density at radius 3 is 1.81 bits per heavy atom. The summed E-state index contributed by atoms with van der Waals surface area (Å²) in [5, 5.41) is 8.39. The smallest absolute Gasteiger partial charge is 0.292 e. The van der Waals surface area contributed by atoms with Crippen LogP contribution in [-0.2, 0) is 8.78 Å². The van der Waals surface area contributed by atoms with Crippen LogP contribution < -0.4 is 4.89 Å². The highest BCUT2D eigenvalue weighted by Crippen LogP contribution is 2.36. The van der Waals surface area contributed by atoms with Crippen molar-refractivity contribution in [1.82, 2.24) is 0 Å². The Labute approximate surface area is 102 Å². The zero-order valence-corrected chi connectivity index (χ0v) is 13.0. The summed E-state index contributed by atoms with van der Waals surface area (Å²) in [6.07, 6.45) is 0. The van der Waals surface area contributed by atoms with E-state index in [9.17, 15) is 9.46 Å². The molecule has 0 fully saturated rings. The normalized spacial score (nSPS) is 16.1. The minimum atomic E-state index is -4.61. The Kier molecular flexibility index (Phi) is 8.36. The molecule has 0 saturated carbocycles. The van der Waals surface area contributed by atoms with Crippen molar-refractivity contribution in [3.63, 3.8) is 0 Å². The Morgan fingerprint density at radius 2 is 1.81 bits per heavy atom. The lowest BCUT2D eigenvalue weighted by Crippen LogP contribution is -2.36. The first-order chi connectivity index (χ1) is 6.77. The van der Waals surface area contributed by atoms with Crippen LogP contribution in [0.5, 0.6) is 0 Å². The average molecular weight is 294 g/mol. The second-order valence-electron chi connectivity index (χ2n) is 4.66. The molecule has 0 aliphatic heterocycles. The number of phosphoric acid groups is 1. The lowest BCUT2D eigenvalue weighted by molar-refractivity contribution is -0.870. The van der Waals surface area contributed by atoms with Gasteiger partial charge in [-0.1, -0.05) is 0 Å². The molecule has 6 nitrogen and oxygen atoms in total. The van der Waals surface area contributed by atoms with Crippen molar-refractivity contribution in [2.24, 2.45) is 0 Å². The maximum Gasteiger partial charge on any atom is 0.292 e. The third-order valence-electron chi connectivity index (χ3n) is 1.10. The maximum atomic E-state index is 9.96. The molecule has 100 valence electrons. The van der Waals surface area contributed by atoms with Gasteiger partial charge in [-0.05, 0) is 13.1 Å². The van der Waals surface area contributed by atoms with E-state index in [1.807, 2.05) is 0 Å². The van der Waals surface area contributed by atoms with E-state index in [-0.39, 0.29) is 6.61 Å². The molecule has 0 aromatic carbocycles. The highest BCUT2D eigenvalue weighted by Gasteiger charge is 2.23. The van der Waals surface area contributed by atoms with Crippen molar-refractivity contribution in [2.75, 3.05) is 34.3 Å². The molecule has 0 aromatic rings. The van der Waals surface area contributed by atoms with Gasteiger partial charge in [-0.3, -0.25) is 4.57 Å². The van der Waals surface area contributed by atoms with Crippen molar-refractivity contribution in [3.05, 3.63) is 0 Å². The number of hydrogen-bond donors (Lipinski definition) is 2. The van der Waals surface area contributed by atoms with E-state index in [1.165, 1.54) is 13.1 Å². The topological polar surface area (TPSA) is 89.8 Å². The van der Waals surface area contributed by atoms with Gasteiger partial charge in [0, 0.05) is 0 Å². The molecule has 0 rings (SSSR count). The molecular weight excluding hydrogens is 273 g/mol. The number of halogens is 1. The molecule has 0 aliphatic rings. The third kappa shape index (κ3) is 24.0. The Morgan fingerprint density at radius 1 is 1.44 bits per heavy atom. The summed E-state index contributed by atoms with van der Waals surface area (Å²) in [7, 11) is -1.10. The molecule has 16 heavy (non-hydrogen) atoms. The van der Waals surface area contributed by atoms with Crippen LogP contribution in [-0.4, -0.2) is 56.4 Å². The maximum absolute atomic E-state index is 9.96. The average Bonchev–Trinajstić information content (AvgIpc) is 1.73. The highest BCUT2D eigenvalue weighted by atomic mass is 35.6. The largest absolute Gasteiger partial charge is 0.757 e. The van der Waals surface area contributed by atoms with Gasteiger partial charge in [0.2, 0.25) is 0 Å². The minimum Gasteiger partial charge on any atom is -0.757 e. The van der Waals surface area contributed by atoms with Gasteiger partial charge in [-0.2, -0.15) is 0 Å². The molecule has 0 bridgehead atoms. The fourth-order valence-corrected chi connectivity index (χ4v) is 3.55. The van der Waals surface area contributed by atoms with Gasteiger partial charge in [-0.25, -0.2) is 0 Å². The molecule has 0 heterocycles. The molecule has 0 aliphatic carbocycles. The highest BCUT2D eigenvalue weighted by molar-refractivity contribution is 7.48. The van der Waals surface area contributed by atoms with E-state index >= 15 is 0 Å². The summed E-state index contributed by atoms with van der Waals surface area (Å²) in [6.45, 7) is 3.99. The third-order valence-corrected chi connectivity index (χ3v) is 4.38. The lowest BCUT2D eigenvalue weighted by atomic mass is 10.5. The van der Waals surface area contributed by atoms with Gasteiger partial charge in [0.1, 0.15) is 6.54 Å². The zero-order chi connectivity index (χ0) is 13.6. The van der Waals surface area contributed by atoms with Crippen LogP contribution >= 0.6 is 18.9 Å². The van der Waals surface area contributed by atoms with Crippen molar-refractivity contribution in [1.29, 1.82) is 0 Å². The van der Waals surface area contributed by atoms with Gasteiger partial charge in [-0.15, -0.1) is 11.1 Å². The molecule has 2 N–H and O–H groups in total. The zero-order valence-electron chi connectivity index (χ0n) is 10.3. The summed E-state index contributed by atoms with van der Waals surface area (Å²) < 4.78 is 14.9. The summed E-state index contributed by atoms with van der Waals surface area (Å²) in [4.78, 5) is 18.0. The summed E-state index contributed by atoms with van der Waals surface area (Å²) in [5.74, 6) is 0. The van der Waals surface area contributed by atoms with Crippen molar-refractivity contribution in [3.8, 4) is 0 Å². The summed E-state index contributed by atoms with van der Waals surface area (Å²) >= 11 is 5.40. The van der Waals surface area contributed by atoms with Gasteiger partial charge in [0.05, 0.1) is 27.7 Å². The molecule has 0 spiro atoms. The number of nitrogens with zero attached hydrogens (tertiary/aromatic N) is 1. The van der Waals surface area contributed by atoms with Gasteiger partial charge in [0.25, 0.3) is 15.4 Å². The second kappa shape index (κ2) is 7.08. The van der Waals surface area contributed by atoms with Crippen LogP contribution in [0.1, 0.15) is 0 Å². The monoisotopic (exact) mass is 293 g/mol. The molecule has 0 saturated heterocycles. The first-order valence-corrected chi connectivity index (χ1v) is 10.0. The number of aliphatic hydroxyl groups is 1. The first kappa shape index (κ1) is 18.9. The van der Waals surface area contributed by atoms with E-state index in [2.05, 4.69) is 25.4 Å². The predicted octanol–water partition coefficient (Wildman–Crippen LogP) is 0.0892. The predicted molar refractivity (Wildman–Crippen MR) is 64.2 cm³/mol. The minimum absolute atomic E-state index is 0.281. The molecular formula is C7H21ClNO5PSi. The Balaban J connectivity index is 0. The van der Waals surface area contributed by atoms with E-state index in [0.29, 0.717) is 0 Å². The summed E-state index contributed by atoms with van der Waals surface area (Å²) in [6, 6.07) is 0. The van der Waals surface area contributed by atoms with Crippen LogP contribution in [0.15, 0.2) is 0 Å². The first-order valence-electron chi connectivity index (χ1n) is 4.61. The standard InChI is InChI=1S/C5H14NO.C2H8ClO4PSi/c1-6(2,3)4-5-7;1-9(2,3)7-8(4,5)6/h7H,4-5H2,1-3H3;1-2H3,(H2,4,5,6)/q+1;/p-1. The molecule has 1 atom stereocenters. The van der Waals surface area contributed by atoms with E-state index in [4.69, 9.17) is 21.1 Å². The van der Waals surface area contributed by atoms with Crippen molar-refractivity contribution < 1.29 is 28.2 Å². The van der Waals surface area contributed by atoms with Crippen LogP contribution in [0.4, 0.5) is 0 Å². The fourth-order valence-electron chi connectivity index (χ4n) is 0.574. The number of likely N-dealkylation sites (N-methyl/N-ethyl adjacent to an activating group) is 1. The molecule has 0 amide bonds. The van der Waals surface area contributed by atoms with Gasteiger partial charge in [0.15, 0.2) is 0 Å². The number of quaternary nitrogens is 1. The van der Waals surface area contributed by atoms with Crippen LogP contribution in [0.2, 0.25) is 13.1 Å². The second-order valence-corrected chi connectivity index (χ2v) is 11.8. The molecule has 0 radical (unpaired) electrons. The SMILES string of the molecule is C[N+](C)(C)CCO.C[Si](C)(Cl)OP(=O)([O-])O. The van der Waals surface area contributed by atoms with Crippen molar-refractivity contribution >= 4 is 26.5 Å². The molecule has 1 unspecified atom stereocenters. The van der Waals surface area contributed by atoms with Crippen LogP contribution in [0.3, 0.4) is 0 Å². The van der Waals surface area contributed by atoms with Crippen LogP contribution in [0.25, 0.3) is 0 Å². The lowest BCUT2D eigenvalue weighted by Gasteiger charge is -2.22. The van der Waals surface area contributed by atoms with Gasteiger partial charge < -0.3 is 23.6 Å². The van der Waals surface area contributed by atoms with Crippen LogP contribution in [0, 0.1) is 0 Å². The van der Waals surface area contributed by atoms with E-state index in [1.54, 1.807) is 0 Å². The Bertz CT molecular complexity index is 234. The van der Waals surface area contributed by atoms with Crippen molar-refractivity contribution in [2.45, 2.75) is 13.1 Å². The number of aliphatic hydroxyl groups excluding tert-OH is 1. The number of rotatable bonds is 4. The number of hydrogen-bond acceptors (Lipinski definition) is 4.